The van der Waals surface area contributed by atoms with Crippen molar-refractivity contribution in [1.82, 2.24) is 10.2 Å². The number of morpholine rings is 1. The van der Waals surface area contributed by atoms with Crippen LogP contribution < -0.4 is 5.32 Å². The third-order valence-electron chi connectivity index (χ3n) is 4.47. The first-order chi connectivity index (χ1) is 9.95. The van der Waals surface area contributed by atoms with Crippen molar-refractivity contribution in [2.75, 3.05) is 33.4 Å². The average Bonchev–Trinajstić information content (AvgIpc) is 2.47. The number of benzene rings is 1. The van der Waals surface area contributed by atoms with E-state index in [1.807, 2.05) is 7.05 Å². The Balaban J connectivity index is 2.14. The summed E-state index contributed by atoms with van der Waals surface area (Å²) in [6.07, 6.45) is 0.629. The molecule has 1 unspecified atom stereocenters. The van der Waals surface area contributed by atoms with Crippen LogP contribution in [0.2, 0.25) is 5.02 Å². The number of hydrogen-bond acceptors (Lipinski definition) is 3. The zero-order valence-corrected chi connectivity index (χ0v) is 13.7. The van der Waals surface area contributed by atoms with Crippen molar-refractivity contribution in [2.24, 2.45) is 0 Å². The first-order valence-corrected chi connectivity index (χ1v) is 7.77. The second-order valence-corrected chi connectivity index (χ2v) is 6.47. The van der Waals surface area contributed by atoms with Gasteiger partial charge in [-0.1, -0.05) is 17.7 Å². The number of rotatable bonds is 5. The Hall–Kier alpha value is -0.680. The summed E-state index contributed by atoms with van der Waals surface area (Å²) in [5, 5.41) is 3.78. The Morgan fingerprint density at radius 2 is 2.05 bits per heavy atom. The summed E-state index contributed by atoms with van der Waals surface area (Å²) >= 11 is 5.82. The molecule has 1 aliphatic heterocycles. The summed E-state index contributed by atoms with van der Waals surface area (Å²) in [5.74, 6) is -0.236. The number of nitrogens with one attached hydrogen (secondary N) is 1. The largest absolute Gasteiger partial charge is 0.379 e. The van der Waals surface area contributed by atoms with E-state index in [-0.39, 0.29) is 17.4 Å². The molecular weight excluding hydrogens is 291 g/mol. The summed E-state index contributed by atoms with van der Waals surface area (Å²) in [7, 11) is 1.93. The van der Waals surface area contributed by atoms with Crippen molar-refractivity contribution in [3.8, 4) is 0 Å². The van der Waals surface area contributed by atoms with Gasteiger partial charge >= 0.3 is 0 Å². The summed E-state index contributed by atoms with van der Waals surface area (Å²) in [6, 6.07) is 5.04. The molecule has 0 spiro atoms. The maximum absolute atomic E-state index is 14.0. The van der Waals surface area contributed by atoms with E-state index in [0.717, 1.165) is 26.3 Å². The van der Waals surface area contributed by atoms with E-state index in [9.17, 15) is 4.39 Å². The fraction of sp³-hybridized carbons (Fsp3) is 0.625. The van der Waals surface area contributed by atoms with Gasteiger partial charge in [-0.2, -0.15) is 0 Å². The van der Waals surface area contributed by atoms with Crippen molar-refractivity contribution in [2.45, 2.75) is 31.8 Å². The predicted molar refractivity (Wildman–Crippen MR) is 84.4 cm³/mol. The minimum atomic E-state index is -0.236. The third kappa shape index (κ3) is 3.95. The molecule has 3 nitrogen and oxygen atoms in total. The number of ether oxygens (including phenoxy) is 1. The fourth-order valence-corrected chi connectivity index (χ4v) is 3.13. The molecule has 1 saturated heterocycles. The molecule has 2 rings (SSSR count). The molecule has 0 aromatic heterocycles. The Morgan fingerprint density at radius 3 is 2.62 bits per heavy atom. The first kappa shape index (κ1) is 16.7. The first-order valence-electron chi connectivity index (χ1n) is 7.39. The van der Waals surface area contributed by atoms with Crippen molar-refractivity contribution >= 4 is 11.6 Å². The zero-order valence-electron chi connectivity index (χ0n) is 13.0. The highest BCUT2D eigenvalue weighted by molar-refractivity contribution is 6.30. The van der Waals surface area contributed by atoms with Gasteiger partial charge in [-0.15, -0.1) is 0 Å². The minimum absolute atomic E-state index is 0.0788. The van der Waals surface area contributed by atoms with E-state index in [1.54, 1.807) is 12.1 Å². The zero-order chi connectivity index (χ0) is 15.5. The van der Waals surface area contributed by atoms with Gasteiger partial charge in [0.2, 0.25) is 0 Å². The third-order valence-corrected chi connectivity index (χ3v) is 4.70. The Bertz CT molecular complexity index is 475. The van der Waals surface area contributed by atoms with E-state index >= 15 is 0 Å². The van der Waals surface area contributed by atoms with Gasteiger partial charge < -0.3 is 10.1 Å². The van der Waals surface area contributed by atoms with Gasteiger partial charge in [-0.25, -0.2) is 4.39 Å². The Labute approximate surface area is 131 Å². The number of hydrogen-bond donors (Lipinski definition) is 1. The van der Waals surface area contributed by atoms with Crippen molar-refractivity contribution in [1.29, 1.82) is 0 Å². The lowest BCUT2D eigenvalue weighted by molar-refractivity contribution is -0.0224. The quantitative estimate of drug-likeness (QED) is 0.904. The van der Waals surface area contributed by atoms with Crippen LogP contribution in [-0.4, -0.2) is 49.8 Å². The number of halogens is 2. The number of nitrogens with zero attached hydrogens (tertiary/aromatic N) is 1. The van der Waals surface area contributed by atoms with Gasteiger partial charge in [-0.05, 0) is 45.0 Å². The lowest BCUT2D eigenvalue weighted by atomic mass is 9.87. The highest BCUT2D eigenvalue weighted by Gasteiger charge is 2.35. The molecule has 1 aromatic carbocycles. The van der Waals surface area contributed by atoms with Crippen molar-refractivity contribution in [3.05, 3.63) is 34.6 Å². The van der Waals surface area contributed by atoms with E-state index < -0.39 is 0 Å². The monoisotopic (exact) mass is 314 g/mol. The maximum Gasteiger partial charge on any atom is 0.127 e. The minimum Gasteiger partial charge on any atom is -0.379 e. The molecule has 1 atom stereocenters. The molecule has 0 aliphatic carbocycles. The van der Waals surface area contributed by atoms with Crippen LogP contribution in [0.5, 0.6) is 0 Å². The summed E-state index contributed by atoms with van der Waals surface area (Å²) in [4.78, 5) is 2.41. The molecule has 0 saturated carbocycles. The lowest BCUT2D eigenvalue weighted by Crippen LogP contribution is -2.60. The van der Waals surface area contributed by atoms with Gasteiger partial charge in [0.25, 0.3) is 0 Å². The molecule has 5 heteroatoms. The standard InChI is InChI=1S/C16H24ClFN2O/c1-16(2,20-6-8-21-9-7-20)15(19-3)10-12-4-5-13(17)11-14(12)18/h4-5,11,15,19H,6-10H2,1-3H3. The molecule has 21 heavy (non-hydrogen) atoms. The van der Waals surface area contributed by atoms with E-state index in [2.05, 4.69) is 24.1 Å². The molecule has 1 fully saturated rings. The van der Waals surface area contributed by atoms with Crippen LogP contribution in [0.15, 0.2) is 18.2 Å². The van der Waals surface area contributed by atoms with E-state index in [0.29, 0.717) is 17.0 Å². The number of likely N-dealkylation sites (N-methyl/N-ethyl adjacent to an activating group) is 1. The smallest absolute Gasteiger partial charge is 0.127 e. The van der Waals surface area contributed by atoms with Gasteiger partial charge in [0.1, 0.15) is 5.82 Å². The van der Waals surface area contributed by atoms with Crippen LogP contribution >= 0.6 is 11.6 Å². The van der Waals surface area contributed by atoms with Gasteiger partial charge in [0, 0.05) is 29.7 Å². The molecule has 1 N–H and O–H groups in total. The van der Waals surface area contributed by atoms with Crippen molar-refractivity contribution in [3.63, 3.8) is 0 Å². The van der Waals surface area contributed by atoms with Gasteiger partial charge in [-0.3, -0.25) is 4.90 Å². The molecule has 118 valence electrons. The van der Waals surface area contributed by atoms with Crippen LogP contribution in [0, 0.1) is 5.82 Å². The predicted octanol–water partition coefficient (Wildman–Crippen LogP) is 2.72. The van der Waals surface area contributed by atoms with E-state index in [4.69, 9.17) is 16.3 Å². The maximum atomic E-state index is 14.0. The van der Waals surface area contributed by atoms with E-state index in [1.165, 1.54) is 6.07 Å². The summed E-state index contributed by atoms with van der Waals surface area (Å²) in [5.41, 5.74) is 0.616. The second-order valence-electron chi connectivity index (χ2n) is 6.03. The lowest BCUT2D eigenvalue weighted by Gasteiger charge is -2.46. The Morgan fingerprint density at radius 1 is 1.38 bits per heavy atom. The molecule has 0 amide bonds. The highest BCUT2D eigenvalue weighted by Crippen LogP contribution is 2.25. The van der Waals surface area contributed by atoms with Crippen LogP contribution in [0.4, 0.5) is 4.39 Å². The molecule has 0 radical (unpaired) electrons. The van der Waals surface area contributed by atoms with Gasteiger partial charge in [0.15, 0.2) is 0 Å². The SMILES string of the molecule is CNC(Cc1ccc(Cl)cc1F)C(C)(C)N1CCOCC1. The average molecular weight is 315 g/mol. The van der Waals surface area contributed by atoms with Crippen LogP contribution in [0.1, 0.15) is 19.4 Å². The molecule has 1 aliphatic rings. The summed E-state index contributed by atoms with van der Waals surface area (Å²) in [6.45, 7) is 7.74. The normalized spacial score (nSPS) is 18.7. The molecule has 1 aromatic rings. The highest BCUT2D eigenvalue weighted by atomic mass is 35.5. The summed E-state index contributed by atoms with van der Waals surface area (Å²) < 4.78 is 19.5. The van der Waals surface area contributed by atoms with Crippen molar-refractivity contribution < 1.29 is 9.13 Å². The second kappa shape index (κ2) is 7.05. The molecule has 1 heterocycles. The molecular formula is C16H24ClFN2O. The van der Waals surface area contributed by atoms with Gasteiger partial charge in [0.05, 0.1) is 13.2 Å². The van der Waals surface area contributed by atoms with Crippen LogP contribution in [0.25, 0.3) is 0 Å². The Kier molecular flexibility index (Phi) is 5.60. The topological polar surface area (TPSA) is 24.5 Å². The molecule has 0 bridgehead atoms. The van der Waals surface area contributed by atoms with Crippen LogP contribution in [-0.2, 0) is 11.2 Å². The fourth-order valence-electron chi connectivity index (χ4n) is 2.97. The van der Waals surface area contributed by atoms with Crippen LogP contribution in [0.3, 0.4) is 0 Å².